The molecule has 0 saturated heterocycles. The molecule has 4 unspecified atom stereocenters. The van der Waals surface area contributed by atoms with Crippen LogP contribution in [0.1, 0.15) is 25.0 Å². The molecular weight excluding hydrogens is 472 g/mol. The molecule has 190 valence electrons. The molecule has 14 nitrogen and oxygen atoms in total. The fourth-order valence-corrected chi connectivity index (χ4v) is 3.24. The normalized spacial score (nSPS) is 14.3. The van der Waals surface area contributed by atoms with Crippen molar-refractivity contribution in [1.29, 1.82) is 0 Å². The lowest BCUT2D eigenvalue weighted by molar-refractivity contribution is -0.143. The predicted octanol–water partition coefficient (Wildman–Crippen LogP) is -2.57. The number of carbonyl (C=O) groups is 5. The Kier molecular flexibility index (Phi) is 12.6. The number of rotatable bonds is 16. The van der Waals surface area contributed by atoms with Gasteiger partial charge in [-0.25, -0.2) is 9.78 Å². The standard InChI is InChI=1S/C19H30N6O8S/c1-34-5-4-13(23-16(29)11(20)8-26)18(31)24-12(2-3-15(27)28)17(30)25-14(19(32)33)6-10-7-21-9-22-10/h7,9,11-14,26H,2-6,8,20H2,1H3,(H,21,22)(H,23,29)(H,24,31)(H,25,30)(H,27,28)(H,32,33). The van der Waals surface area contributed by atoms with E-state index in [1.54, 1.807) is 6.26 Å². The zero-order valence-electron chi connectivity index (χ0n) is 18.5. The third-order valence-electron chi connectivity index (χ3n) is 4.65. The van der Waals surface area contributed by atoms with Crippen LogP contribution in [0.4, 0.5) is 0 Å². The van der Waals surface area contributed by atoms with E-state index in [4.69, 9.17) is 15.9 Å². The van der Waals surface area contributed by atoms with Crippen LogP contribution in [0.3, 0.4) is 0 Å². The number of aliphatic hydroxyl groups excluding tert-OH is 1. The van der Waals surface area contributed by atoms with Crippen molar-refractivity contribution in [3.05, 3.63) is 18.2 Å². The Labute approximate surface area is 199 Å². The number of nitrogens with two attached hydrogens (primary N) is 1. The highest BCUT2D eigenvalue weighted by molar-refractivity contribution is 7.98. The summed E-state index contributed by atoms with van der Waals surface area (Å²) in [6.45, 7) is -0.640. The van der Waals surface area contributed by atoms with Crippen molar-refractivity contribution in [3.8, 4) is 0 Å². The summed E-state index contributed by atoms with van der Waals surface area (Å²) in [6, 6.07) is -5.12. The summed E-state index contributed by atoms with van der Waals surface area (Å²) in [4.78, 5) is 66.8. The van der Waals surface area contributed by atoms with Gasteiger partial charge < -0.3 is 42.0 Å². The molecule has 0 radical (unpaired) electrons. The molecule has 1 rings (SSSR count). The third-order valence-corrected chi connectivity index (χ3v) is 5.29. The Morgan fingerprint density at radius 2 is 1.62 bits per heavy atom. The molecule has 15 heteroatoms. The fraction of sp³-hybridized carbons (Fsp3) is 0.579. The molecule has 0 saturated carbocycles. The number of carboxylic acids is 2. The second-order valence-corrected chi connectivity index (χ2v) is 8.29. The van der Waals surface area contributed by atoms with Gasteiger partial charge in [0.25, 0.3) is 0 Å². The Hall–Kier alpha value is -3.17. The molecule has 1 heterocycles. The second-order valence-electron chi connectivity index (χ2n) is 7.31. The number of carbonyl (C=O) groups excluding carboxylic acids is 3. The van der Waals surface area contributed by atoms with E-state index < -0.39 is 66.9 Å². The molecule has 1 aromatic rings. The monoisotopic (exact) mass is 502 g/mol. The predicted molar refractivity (Wildman–Crippen MR) is 121 cm³/mol. The maximum Gasteiger partial charge on any atom is 0.326 e. The Morgan fingerprint density at radius 3 is 2.12 bits per heavy atom. The summed E-state index contributed by atoms with van der Waals surface area (Å²) in [5.74, 6) is -4.55. The highest BCUT2D eigenvalue weighted by Gasteiger charge is 2.30. The van der Waals surface area contributed by atoms with Crippen LogP contribution in [0.5, 0.6) is 0 Å². The number of aliphatic hydroxyl groups is 1. The number of amides is 3. The number of aromatic amines is 1. The van der Waals surface area contributed by atoms with Crippen LogP contribution < -0.4 is 21.7 Å². The van der Waals surface area contributed by atoms with E-state index in [-0.39, 0.29) is 19.3 Å². The van der Waals surface area contributed by atoms with Gasteiger partial charge >= 0.3 is 11.9 Å². The number of carboxylic acid groups (broad SMARTS) is 2. The number of aliphatic carboxylic acids is 2. The first-order valence-corrected chi connectivity index (χ1v) is 11.7. The van der Waals surface area contributed by atoms with Crippen molar-refractivity contribution >= 4 is 41.4 Å². The Balaban J connectivity index is 2.97. The number of imidazole rings is 1. The van der Waals surface area contributed by atoms with E-state index in [2.05, 4.69) is 25.9 Å². The topological polar surface area (TPSA) is 237 Å². The largest absolute Gasteiger partial charge is 0.481 e. The van der Waals surface area contributed by atoms with Gasteiger partial charge in [0.2, 0.25) is 17.7 Å². The quantitative estimate of drug-likeness (QED) is 0.117. The minimum absolute atomic E-state index is 0.119. The average molecular weight is 503 g/mol. The smallest absolute Gasteiger partial charge is 0.326 e. The number of hydrogen-bond donors (Lipinski definition) is 8. The first kappa shape index (κ1) is 28.9. The minimum atomic E-state index is -1.38. The summed E-state index contributed by atoms with van der Waals surface area (Å²) in [5.41, 5.74) is 5.92. The molecule has 1 aromatic heterocycles. The number of nitrogens with one attached hydrogen (secondary N) is 4. The number of H-pyrrole nitrogens is 1. The van der Waals surface area contributed by atoms with Gasteiger partial charge in [-0.05, 0) is 24.9 Å². The molecule has 9 N–H and O–H groups in total. The zero-order valence-corrected chi connectivity index (χ0v) is 19.3. The highest BCUT2D eigenvalue weighted by atomic mass is 32.2. The number of nitrogens with zero attached hydrogens (tertiary/aromatic N) is 1. The van der Waals surface area contributed by atoms with E-state index >= 15 is 0 Å². The summed E-state index contributed by atoms with van der Waals surface area (Å²) in [7, 11) is 0. The van der Waals surface area contributed by atoms with Gasteiger partial charge in [-0.3, -0.25) is 19.2 Å². The van der Waals surface area contributed by atoms with Crippen LogP contribution in [-0.4, -0.2) is 97.7 Å². The van der Waals surface area contributed by atoms with Crippen molar-refractivity contribution in [2.45, 2.75) is 49.9 Å². The van der Waals surface area contributed by atoms with Crippen molar-refractivity contribution in [2.75, 3.05) is 18.6 Å². The van der Waals surface area contributed by atoms with Gasteiger partial charge in [-0.2, -0.15) is 11.8 Å². The molecule has 0 aliphatic heterocycles. The molecule has 3 amide bonds. The molecule has 0 bridgehead atoms. The van der Waals surface area contributed by atoms with E-state index in [0.29, 0.717) is 11.4 Å². The van der Waals surface area contributed by atoms with E-state index in [1.165, 1.54) is 24.3 Å². The van der Waals surface area contributed by atoms with Crippen LogP contribution in [0.2, 0.25) is 0 Å². The van der Waals surface area contributed by atoms with Crippen LogP contribution in [0.15, 0.2) is 12.5 Å². The third kappa shape index (κ3) is 10.2. The molecular formula is C19H30N6O8S. The van der Waals surface area contributed by atoms with Crippen LogP contribution >= 0.6 is 11.8 Å². The second kappa shape index (κ2) is 14.9. The van der Waals surface area contributed by atoms with E-state index in [1.807, 2.05) is 0 Å². The average Bonchev–Trinajstić information content (AvgIpc) is 3.30. The van der Waals surface area contributed by atoms with Crippen molar-refractivity contribution in [3.63, 3.8) is 0 Å². The first-order chi connectivity index (χ1) is 16.1. The molecule has 0 aliphatic rings. The van der Waals surface area contributed by atoms with Crippen LogP contribution in [-0.2, 0) is 30.4 Å². The van der Waals surface area contributed by atoms with Gasteiger partial charge in [-0.1, -0.05) is 0 Å². The molecule has 4 atom stereocenters. The minimum Gasteiger partial charge on any atom is -0.481 e. The van der Waals surface area contributed by atoms with Crippen molar-refractivity contribution in [2.24, 2.45) is 5.73 Å². The molecule has 34 heavy (non-hydrogen) atoms. The van der Waals surface area contributed by atoms with Gasteiger partial charge in [0, 0.05) is 24.7 Å². The lowest BCUT2D eigenvalue weighted by Gasteiger charge is -2.24. The van der Waals surface area contributed by atoms with Crippen LogP contribution in [0.25, 0.3) is 0 Å². The maximum atomic E-state index is 12.8. The van der Waals surface area contributed by atoms with Crippen LogP contribution in [0, 0.1) is 0 Å². The summed E-state index contributed by atoms with van der Waals surface area (Å²) in [5, 5.41) is 34.6. The summed E-state index contributed by atoms with van der Waals surface area (Å²) < 4.78 is 0. The number of hydrogen-bond acceptors (Lipinski definition) is 9. The molecule has 0 aliphatic carbocycles. The summed E-state index contributed by atoms with van der Waals surface area (Å²) >= 11 is 1.40. The van der Waals surface area contributed by atoms with Gasteiger partial charge in [0.15, 0.2) is 0 Å². The summed E-state index contributed by atoms with van der Waals surface area (Å²) in [6.07, 6.45) is 3.77. The highest BCUT2D eigenvalue weighted by Crippen LogP contribution is 2.06. The molecule has 0 fully saturated rings. The number of thioether (sulfide) groups is 1. The van der Waals surface area contributed by atoms with E-state index in [9.17, 15) is 29.1 Å². The lowest BCUT2D eigenvalue weighted by atomic mass is 10.1. The molecule has 0 spiro atoms. The zero-order chi connectivity index (χ0) is 25.7. The van der Waals surface area contributed by atoms with Crippen molar-refractivity contribution < 1.29 is 39.3 Å². The first-order valence-electron chi connectivity index (χ1n) is 10.3. The van der Waals surface area contributed by atoms with Gasteiger partial charge in [0.1, 0.15) is 24.2 Å². The van der Waals surface area contributed by atoms with Crippen molar-refractivity contribution in [1.82, 2.24) is 25.9 Å². The fourth-order valence-electron chi connectivity index (χ4n) is 2.76. The van der Waals surface area contributed by atoms with Gasteiger partial charge in [-0.15, -0.1) is 0 Å². The maximum absolute atomic E-state index is 12.8. The lowest BCUT2D eigenvalue weighted by Crippen LogP contribution is -2.57. The Bertz CT molecular complexity index is 837. The number of aromatic nitrogens is 2. The van der Waals surface area contributed by atoms with E-state index in [0.717, 1.165) is 0 Å². The molecule has 0 aromatic carbocycles. The van der Waals surface area contributed by atoms with Gasteiger partial charge in [0.05, 0.1) is 12.9 Å². The Morgan fingerprint density at radius 1 is 1.03 bits per heavy atom. The SMILES string of the molecule is CSCCC(NC(=O)C(N)CO)C(=O)NC(CCC(=O)O)C(=O)NC(Cc1cnc[nH]1)C(=O)O.